The fourth-order valence-electron chi connectivity index (χ4n) is 2.14. The van der Waals surface area contributed by atoms with Gasteiger partial charge >= 0.3 is 0 Å². The van der Waals surface area contributed by atoms with Crippen LogP contribution in [-0.4, -0.2) is 22.7 Å². The van der Waals surface area contributed by atoms with Gasteiger partial charge in [-0.15, -0.1) is 0 Å². The first-order valence-electron chi connectivity index (χ1n) is 6.43. The third kappa shape index (κ3) is 2.74. The Morgan fingerprint density at radius 1 is 1.10 bits per heavy atom. The van der Waals surface area contributed by atoms with Gasteiger partial charge in [-0.25, -0.2) is 0 Å². The summed E-state index contributed by atoms with van der Waals surface area (Å²) in [6, 6.07) is 11.3. The van der Waals surface area contributed by atoms with E-state index < -0.39 is 0 Å². The molecule has 0 unspecified atom stereocenters. The summed E-state index contributed by atoms with van der Waals surface area (Å²) in [6.45, 7) is 4.14. The zero-order valence-corrected chi connectivity index (χ0v) is 11.5. The van der Waals surface area contributed by atoms with Gasteiger partial charge in [-0.3, -0.25) is 4.79 Å². The Morgan fingerprint density at radius 2 is 1.80 bits per heavy atom. The second kappa shape index (κ2) is 5.65. The van der Waals surface area contributed by atoms with Gasteiger partial charge in [0.25, 0.3) is 5.91 Å². The van der Waals surface area contributed by atoms with Crippen molar-refractivity contribution in [2.24, 2.45) is 0 Å². The maximum Gasteiger partial charge on any atom is 0.258 e. The van der Waals surface area contributed by atoms with Crippen molar-refractivity contribution in [1.82, 2.24) is 0 Å². The van der Waals surface area contributed by atoms with E-state index in [2.05, 4.69) is 0 Å². The number of anilines is 1. The minimum Gasteiger partial charge on any atom is -0.508 e. The van der Waals surface area contributed by atoms with E-state index in [4.69, 9.17) is 0 Å². The van der Waals surface area contributed by atoms with Gasteiger partial charge in [0.2, 0.25) is 0 Å². The highest BCUT2D eigenvalue weighted by atomic mass is 16.3. The molecule has 4 nitrogen and oxygen atoms in total. The molecule has 4 heteroatoms. The normalized spacial score (nSPS) is 10.3. The second-order valence-corrected chi connectivity index (χ2v) is 4.57. The average molecular weight is 271 g/mol. The summed E-state index contributed by atoms with van der Waals surface area (Å²) >= 11 is 0. The van der Waals surface area contributed by atoms with Crippen LogP contribution in [0.25, 0.3) is 0 Å². The van der Waals surface area contributed by atoms with Crippen LogP contribution >= 0.6 is 0 Å². The molecule has 0 bridgehead atoms. The molecule has 0 fully saturated rings. The average Bonchev–Trinajstić information content (AvgIpc) is 2.39. The summed E-state index contributed by atoms with van der Waals surface area (Å²) in [7, 11) is 0. The quantitative estimate of drug-likeness (QED) is 0.901. The number of benzene rings is 2. The Balaban J connectivity index is 2.39. The Labute approximate surface area is 117 Å². The summed E-state index contributed by atoms with van der Waals surface area (Å²) < 4.78 is 0. The summed E-state index contributed by atoms with van der Waals surface area (Å²) in [4.78, 5) is 14.2. The van der Waals surface area contributed by atoms with E-state index in [1.165, 1.54) is 6.07 Å². The monoisotopic (exact) mass is 271 g/mol. The summed E-state index contributed by atoms with van der Waals surface area (Å²) in [5.41, 5.74) is 1.89. The number of rotatable bonds is 3. The van der Waals surface area contributed by atoms with Crippen LogP contribution in [0, 0.1) is 6.92 Å². The summed E-state index contributed by atoms with van der Waals surface area (Å²) in [5.74, 6) is 0.103. The van der Waals surface area contributed by atoms with Crippen molar-refractivity contribution >= 4 is 11.6 Å². The Hall–Kier alpha value is -2.49. The third-order valence-electron chi connectivity index (χ3n) is 3.14. The molecule has 0 aliphatic heterocycles. The van der Waals surface area contributed by atoms with Crippen molar-refractivity contribution < 1.29 is 15.0 Å². The molecule has 0 aliphatic rings. The number of aryl methyl sites for hydroxylation is 1. The molecule has 0 saturated carbocycles. The Bertz CT molecular complexity index is 637. The highest BCUT2D eigenvalue weighted by Gasteiger charge is 2.18. The van der Waals surface area contributed by atoms with E-state index in [0.29, 0.717) is 23.4 Å². The standard InChI is InChI=1S/C16H17NO3/c1-3-17(12-5-4-6-13(18)10-12)16(20)15-8-7-14(19)9-11(15)2/h4-10,18-19H,3H2,1-2H3. The zero-order valence-electron chi connectivity index (χ0n) is 11.5. The van der Waals surface area contributed by atoms with Crippen molar-refractivity contribution in [3.63, 3.8) is 0 Å². The van der Waals surface area contributed by atoms with Gasteiger partial charge in [-0.1, -0.05) is 6.07 Å². The van der Waals surface area contributed by atoms with Crippen molar-refractivity contribution in [1.29, 1.82) is 0 Å². The summed E-state index contributed by atoms with van der Waals surface area (Å²) in [6.07, 6.45) is 0. The van der Waals surface area contributed by atoms with Crippen LogP contribution in [0.2, 0.25) is 0 Å². The number of hydrogen-bond donors (Lipinski definition) is 2. The van der Waals surface area contributed by atoms with Crippen LogP contribution in [0.4, 0.5) is 5.69 Å². The number of hydrogen-bond acceptors (Lipinski definition) is 3. The van der Waals surface area contributed by atoms with Crippen LogP contribution in [0.5, 0.6) is 11.5 Å². The Kier molecular flexibility index (Phi) is 3.94. The second-order valence-electron chi connectivity index (χ2n) is 4.57. The van der Waals surface area contributed by atoms with E-state index in [1.54, 1.807) is 48.2 Å². The molecule has 2 aromatic carbocycles. The molecule has 0 saturated heterocycles. The van der Waals surface area contributed by atoms with Gasteiger partial charge in [0.1, 0.15) is 11.5 Å². The molecule has 0 spiro atoms. The first kappa shape index (κ1) is 13.9. The largest absolute Gasteiger partial charge is 0.508 e. The topological polar surface area (TPSA) is 60.8 Å². The molecule has 2 aromatic rings. The van der Waals surface area contributed by atoms with Gasteiger partial charge in [0, 0.05) is 23.9 Å². The minimum atomic E-state index is -0.157. The Morgan fingerprint density at radius 3 is 2.40 bits per heavy atom. The molecule has 2 rings (SSSR count). The number of aromatic hydroxyl groups is 2. The van der Waals surface area contributed by atoms with Crippen molar-refractivity contribution in [3.05, 3.63) is 53.6 Å². The van der Waals surface area contributed by atoms with Crippen LogP contribution < -0.4 is 4.90 Å². The van der Waals surface area contributed by atoms with Gasteiger partial charge in [0.15, 0.2) is 0 Å². The molecule has 0 radical (unpaired) electrons. The van der Waals surface area contributed by atoms with Crippen molar-refractivity contribution in [2.75, 3.05) is 11.4 Å². The molecule has 2 N–H and O–H groups in total. The lowest BCUT2D eigenvalue weighted by molar-refractivity contribution is 0.0987. The van der Waals surface area contributed by atoms with E-state index >= 15 is 0 Å². The molecule has 0 aliphatic carbocycles. The molecule has 1 amide bonds. The van der Waals surface area contributed by atoms with Crippen molar-refractivity contribution in [3.8, 4) is 11.5 Å². The van der Waals surface area contributed by atoms with Gasteiger partial charge in [-0.05, 0) is 49.7 Å². The smallest absolute Gasteiger partial charge is 0.258 e. The molecule has 0 aromatic heterocycles. The maximum absolute atomic E-state index is 12.6. The SMILES string of the molecule is CCN(C(=O)c1ccc(O)cc1C)c1cccc(O)c1. The number of carbonyl (C=O) groups excluding carboxylic acids is 1. The first-order valence-corrected chi connectivity index (χ1v) is 6.43. The lowest BCUT2D eigenvalue weighted by Gasteiger charge is -2.22. The number of phenols is 2. The zero-order chi connectivity index (χ0) is 14.7. The summed E-state index contributed by atoms with van der Waals surface area (Å²) in [5, 5.41) is 18.9. The predicted molar refractivity (Wildman–Crippen MR) is 78.3 cm³/mol. The van der Waals surface area contributed by atoms with Crippen LogP contribution in [0.1, 0.15) is 22.8 Å². The first-order chi connectivity index (χ1) is 9.52. The van der Waals surface area contributed by atoms with Gasteiger partial charge in [-0.2, -0.15) is 0 Å². The minimum absolute atomic E-state index is 0.121. The number of amides is 1. The number of phenolic OH excluding ortho intramolecular Hbond substituents is 2. The lowest BCUT2D eigenvalue weighted by atomic mass is 10.1. The lowest BCUT2D eigenvalue weighted by Crippen LogP contribution is -2.31. The molecular weight excluding hydrogens is 254 g/mol. The van der Waals surface area contributed by atoms with Crippen LogP contribution in [0.15, 0.2) is 42.5 Å². The fraction of sp³-hybridized carbons (Fsp3) is 0.188. The van der Waals surface area contributed by atoms with E-state index in [-0.39, 0.29) is 17.4 Å². The van der Waals surface area contributed by atoms with E-state index in [1.807, 2.05) is 6.92 Å². The van der Waals surface area contributed by atoms with Crippen molar-refractivity contribution in [2.45, 2.75) is 13.8 Å². The fourth-order valence-corrected chi connectivity index (χ4v) is 2.14. The van der Waals surface area contributed by atoms with Crippen LogP contribution in [-0.2, 0) is 0 Å². The highest BCUT2D eigenvalue weighted by Crippen LogP contribution is 2.24. The molecular formula is C16H17NO3. The van der Waals surface area contributed by atoms with Gasteiger partial charge in [0.05, 0.1) is 0 Å². The predicted octanol–water partition coefficient (Wildman–Crippen LogP) is 3.07. The van der Waals surface area contributed by atoms with E-state index in [0.717, 1.165) is 0 Å². The third-order valence-corrected chi connectivity index (χ3v) is 3.14. The number of nitrogens with zero attached hydrogens (tertiary/aromatic N) is 1. The molecule has 20 heavy (non-hydrogen) atoms. The molecule has 0 heterocycles. The number of carbonyl (C=O) groups is 1. The molecule has 0 atom stereocenters. The maximum atomic E-state index is 12.6. The van der Waals surface area contributed by atoms with E-state index in [9.17, 15) is 15.0 Å². The van der Waals surface area contributed by atoms with Gasteiger partial charge < -0.3 is 15.1 Å². The highest BCUT2D eigenvalue weighted by molar-refractivity contribution is 6.07. The van der Waals surface area contributed by atoms with Crippen LogP contribution in [0.3, 0.4) is 0 Å². The molecule has 104 valence electrons.